The van der Waals surface area contributed by atoms with E-state index >= 15 is 0 Å². The number of hydrogen-bond acceptors (Lipinski definition) is 6. The van der Waals surface area contributed by atoms with E-state index < -0.39 is 0 Å². The topological polar surface area (TPSA) is 64.1 Å². The number of thioether (sulfide) groups is 1. The standard InChI is InChI=1S/C22H25N3O2S2/c1-14-3-8-17-18(11-14)29-22-20(17)21(24-13-25-22)28-12-19(26)23-10-9-15-4-6-16(27-2)7-5-15/h4-7,13-14H,3,8-12H2,1-2H3,(H,23,26). The summed E-state index contributed by atoms with van der Waals surface area (Å²) in [6, 6.07) is 7.93. The average Bonchev–Trinajstić information content (AvgIpc) is 3.10. The first-order valence-corrected chi connectivity index (χ1v) is 11.7. The molecule has 0 spiro atoms. The Morgan fingerprint density at radius 2 is 2.14 bits per heavy atom. The number of benzene rings is 1. The Labute approximate surface area is 179 Å². The molecule has 0 aliphatic heterocycles. The molecule has 29 heavy (non-hydrogen) atoms. The molecule has 1 aliphatic carbocycles. The highest BCUT2D eigenvalue weighted by Gasteiger charge is 2.23. The SMILES string of the molecule is COc1ccc(CCNC(=O)CSc2ncnc3sc4c(c23)CCC(C)C4)cc1. The van der Waals surface area contributed by atoms with Crippen LogP contribution >= 0.6 is 23.1 Å². The molecule has 0 bridgehead atoms. The molecule has 4 rings (SSSR count). The summed E-state index contributed by atoms with van der Waals surface area (Å²) in [4.78, 5) is 23.8. The lowest BCUT2D eigenvalue weighted by Gasteiger charge is -2.18. The summed E-state index contributed by atoms with van der Waals surface area (Å²) in [6.07, 6.45) is 5.85. The molecule has 5 nitrogen and oxygen atoms in total. The predicted molar refractivity (Wildman–Crippen MR) is 119 cm³/mol. The minimum absolute atomic E-state index is 0.0352. The smallest absolute Gasteiger partial charge is 0.230 e. The van der Waals surface area contributed by atoms with Crippen LogP contribution in [-0.2, 0) is 24.1 Å². The highest BCUT2D eigenvalue weighted by atomic mass is 32.2. The van der Waals surface area contributed by atoms with Crippen LogP contribution in [0.2, 0.25) is 0 Å². The first-order chi connectivity index (χ1) is 14.1. The second-order valence-corrected chi connectivity index (χ2v) is 9.50. The molecule has 0 saturated carbocycles. The molecular formula is C22H25N3O2S2. The maximum atomic E-state index is 12.3. The number of fused-ring (bicyclic) bond motifs is 3. The average molecular weight is 428 g/mol. The summed E-state index contributed by atoms with van der Waals surface area (Å²) in [5.41, 5.74) is 2.58. The molecule has 1 amide bonds. The van der Waals surface area contributed by atoms with E-state index in [1.54, 1.807) is 24.8 Å². The van der Waals surface area contributed by atoms with Gasteiger partial charge in [-0.05, 0) is 54.9 Å². The van der Waals surface area contributed by atoms with Crippen molar-refractivity contribution in [2.45, 2.75) is 37.6 Å². The van der Waals surface area contributed by atoms with Gasteiger partial charge in [0.25, 0.3) is 0 Å². The molecule has 152 valence electrons. The largest absolute Gasteiger partial charge is 0.497 e. The Kier molecular flexibility index (Phi) is 6.35. The molecule has 0 radical (unpaired) electrons. The van der Waals surface area contributed by atoms with Crippen LogP contribution in [0.3, 0.4) is 0 Å². The number of nitrogens with zero attached hydrogens (tertiary/aromatic N) is 2. The third kappa shape index (κ3) is 4.73. The Bertz CT molecular complexity index is 1000. The molecule has 3 aromatic rings. The van der Waals surface area contributed by atoms with E-state index in [0.29, 0.717) is 12.3 Å². The van der Waals surface area contributed by atoms with Gasteiger partial charge in [-0.3, -0.25) is 4.79 Å². The summed E-state index contributed by atoms with van der Waals surface area (Å²) in [5.74, 6) is 1.98. The molecule has 1 N–H and O–H groups in total. The first kappa shape index (κ1) is 20.2. The highest BCUT2D eigenvalue weighted by Crippen LogP contribution is 2.40. The highest BCUT2D eigenvalue weighted by molar-refractivity contribution is 8.00. The molecule has 1 aromatic carbocycles. The van der Waals surface area contributed by atoms with E-state index in [4.69, 9.17) is 4.74 Å². The van der Waals surface area contributed by atoms with Crippen molar-refractivity contribution in [2.75, 3.05) is 19.4 Å². The minimum Gasteiger partial charge on any atom is -0.497 e. The zero-order valence-electron chi connectivity index (χ0n) is 16.7. The molecule has 0 fully saturated rings. The van der Waals surface area contributed by atoms with Crippen LogP contribution in [0.1, 0.15) is 29.3 Å². The maximum Gasteiger partial charge on any atom is 0.230 e. The molecular weight excluding hydrogens is 402 g/mol. The van der Waals surface area contributed by atoms with E-state index in [1.165, 1.54) is 39.6 Å². The Balaban J connectivity index is 1.34. The summed E-state index contributed by atoms with van der Waals surface area (Å²) in [6.45, 7) is 2.93. The van der Waals surface area contributed by atoms with Gasteiger partial charge < -0.3 is 10.1 Å². The van der Waals surface area contributed by atoms with Crippen molar-refractivity contribution in [3.8, 4) is 5.75 Å². The predicted octanol–water partition coefficient (Wildman–Crippen LogP) is 4.28. The second kappa shape index (κ2) is 9.13. The van der Waals surface area contributed by atoms with Crippen LogP contribution in [-0.4, -0.2) is 35.3 Å². The molecule has 2 heterocycles. The number of thiophene rings is 1. The van der Waals surface area contributed by atoms with Gasteiger partial charge in [0.15, 0.2) is 0 Å². The Morgan fingerprint density at radius 1 is 1.31 bits per heavy atom. The van der Waals surface area contributed by atoms with E-state index in [1.807, 2.05) is 24.3 Å². The van der Waals surface area contributed by atoms with E-state index in [-0.39, 0.29) is 5.91 Å². The number of aromatic nitrogens is 2. The van der Waals surface area contributed by atoms with Crippen LogP contribution in [0.25, 0.3) is 10.2 Å². The molecule has 2 aromatic heterocycles. The fourth-order valence-electron chi connectivity index (χ4n) is 3.68. The van der Waals surface area contributed by atoms with E-state index in [9.17, 15) is 4.79 Å². The van der Waals surface area contributed by atoms with Gasteiger partial charge >= 0.3 is 0 Å². The molecule has 7 heteroatoms. The third-order valence-electron chi connectivity index (χ3n) is 5.29. The number of hydrogen-bond donors (Lipinski definition) is 1. The number of methoxy groups -OCH3 is 1. The van der Waals surface area contributed by atoms with Gasteiger partial charge in [0.05, 0.1) is 12.9 Å². The number of amides is 1. The number of carbonyl (C=O) groups is 1. The van der Waals surface area contributed by atoms with Crippen LogP contribution in [0.5, 0.6) is 5.75 Å². The van der Waals surface area contributed by atoms with Gasteiger partial charge in [-0.1, -0.05) is 30.8 Å². The lowest BCUT2D eigenvalue weighted by molar-refractivity contribution is -0.118. The van der Waals surface area contributed by atoms with Crippen molar-refractivity contribution >= 4 is 39.2 Å². The van der Waals surface area contributed by atoms with Crippen LogP contribution < -0.4 is 10.1 Å². The third-order valence-corrected chi connectivity index (χ3v) is 7.44. The Hall–Kier alpha value is -2.12. The lowest BCUT2D eigenvalue weighted by atomic mass is 9.89. The monoisotopic (exact) mass is 427 g/mol. The van der Waals surface area contributed by atoms with Gasteiger partial charge in [0, 0.05) is 16.8 Å². The number of carbonyl (C=O) groups excluding carboxylic acids is 1. The lowest BCUT2D eigenvalue weighted by Crippen LogP contribution is -2.27. The molecule has 0 saturated heterocycles. The fraction of sp³-hybridized carbons (Fsp3) is 0.409. The van der Waals surface area contributed by atoms with E-state index in [2.05, 4.69) is 22.2 Å². The van der Waals surface area contributed by atoms with Crippen LogP contribution in [0, 0.1) is 5.92 Å². The fourth-order valence-corrected chi connectivity index (χ4v) is 5.95. The van der Waals surface area contributed by atoms with Crippen molar-refractivity contribution in [2.24, 2.45) is 5.92 Å². The van der Waals surface area contributed by atoms with Crippen molar-refractivity contribution in [3.63, 3.8) is 0 Å². The normalized spacial score (nSPS) is 15.9. The zero-order valence-corrected chi connectivity index (χ0v) is 18.4. The van der Waals surface area contributed by atoms with Gasteiger partial charge in [0.1, 0.15) is 21.9 Å². The number of nitrogens with one attached hydrogen (secondary N) is 1. The van der Waals surface area contributed by atoms with Crippen molar-refractivity contribution < 1.29 is 9.53 Å². The minimum atomic E-state index is 0.0352. The summed E-state index contributed by atoms with van der Waals surface area (Å²) < 4.78 is 5.17. The van der Waals surface area contributed by atoms with Crippen molar-refractivity contribution in [1.29, 1.82) is 0 Å². The van der Waals surface area contributed by atoms with E-state index in [0.717, 1.165) is 40.8 Å². The quantitative estimate of drug-likeness (QED) is 0.450. The number of aryl methyl sites for hydroxylation is 1. The molecule has 1 atom stereocenters. The van der Waals surface area contributed by atoms with Gasteiger partial charge in [-0.25, -0.2) is 9.97 Å². The van der Waals surface area contributed by atoms with Gasteiger partial charge in [0.2, 0.25) is 5.91 Å². The summed E-state index contributed by atoms with van der Waals surface area (Å²) in [7, 11) is 1.66. The zero-order chi connectivity index (χ0) is 20.2. The molecule has 1 aliphatic rings. The van der Waals surface area contributed by atoms with Crippen molar-refractivity contribution in [1.82, 2.24) is 15.3 Å². The van der Waals surface area contributed by atoms with Crippen LogP contribution in [0.4, 0.5) is 0 Å². The van der Waals surface area contributed by atoms with Crippen LogP contribution in [0.15, 0.2) is 35.6 Å². The second-order valence-electron chi connectivity index (χ2n) is 7.45. The first-order valence-electron chi connectivity index (χ1n) is 9.91. The summed E-state index contributed by atoms with van der Waals surface area (Å²) in [5, 5.41) is 5.12. The molecule has 1 unspecified atom stereocenters. The maximum absolute atomic E-state index is 12.3. The van der Waals surface area contributed by atoms with Gasteiger partial charge in [-0.2, -0.15) is 0 Å². The van der Waals surface area contributed by atoms with Gasteiger partial charge in [-0.15, -0.1) is 11.3 Å². The Morgan fingerprint density at radius 3 is 2.93 bits per heavy atom. The van der Waals surface area contributed by atoms with Crippen molar-refractivity contribution in [3.05, 3.63) is 46.6 Å². The number of rotatable bonds is 7. The summed E-state index contributed by atoms with van der Waals surface area (Å²) >= 11 is 3.31. The number of ether oxygens (including phenoxy) is 1.